The number of hydrogen-bond donors (Lipinski definition) is 3. The van der Waals surface area contributed by atoms with E-state index in [1.807, 2.05) is 24.3 Å². The molecule has 0 fully saturated rings. The third kappa shape index (κ3) is 3.60. The third-order valence-electron chi connectivity index (χ3n) is 4.42. The van der Waals surface area contributed by atoms with E-state index in [1.54, 1.807) is 18.2 Å². The molecule has 22 heavy (non-hydrogen) atoms. The Morgan fingerprint density at radius 3 is 2.55 bits per heavy atom. The van der Waals surface area contributed by atoms with Crippen molar-refractivity contribution >= 4 is 0 Å². The number of rotatable bonds is 4. The van der Waals surface area contributed by atoms with Crippen LogP contribution >= 0.6 is 0 Å². The first-order valence-corrected chi connectivity index (χ1v) is 7.95. The Balaban J connectivity index is 1.57. The highest BCUT2D eigenvalue weighted by Gasteiger charge is 2.20. The summed E-state index contributed by atoms with van der Waals surface area (Å²) in [5.41, 5.74) is 3.86. The van der Waals surface area contributed by atoms with Gasteiger partial charge in [0.2, 0.25) is 0 Å². The molecule has 3 heteroatoms. The van der Waals surface area contributed by atoms with E-state index in [0.29, 0.717) is 23.6 Å². The summed E-state index contributed by atoms with van der Waals surface area (Å²) < 4.78 is 0. The molecule has 1 aliphatic carbocycles. The summed E-state index contributed by atoms with van der Waals surface area (Å²) >= 11 is 0. The monoisotopic (exact) mass is 297 g/mol. The van der Waals surface area contributed by atoms with E-state index in [2.05, 4.69) is 12.2 Å². The molecule has 3 N–H and O–H groups in total. The van der Waals surface area contributed by atoms with Crippen LogP contribution in [0.4, 0.5) is 0 Å². The fourth-order valence-electron chi connectivity index (χ4n) is 3.33. The van der Waals surface area contributed by atoms with Gasteiger partial charge in [-0.1, -0.05) is 18.2 Å². The molecule has 1 aliphatic rings. The minimum atomic E-state index is 0.316. The second-order valence-corrected chi connectivity index (χ2v) is 6.33. The van der Waals surface area contributed by atoms with Gasteiger partial charge >= 0.3 is 0 Å². The maximum Gasteiger partial charge on any atom is 0.115 e. The molecule has 116 valence electrons. The Morgan fingerprint density at radius 2 is 1.77 bits per heavy atom. The van der Waals surface area contributed by atoms with Gasteiger partial charge in [0.15, 0.2) is 0 Å². The molecule has 2 atom stereocenters. The number of phenolic OH excluding ortho intramolecular Hbond substituents is 2. The van der Waals surface area contributed by atoms with Crippen LogP contribution in [0.3, 0.4) is 0 Å². The van der Waals surface area contributed by atoms with Crippen molar-refractivity contribution in [3.63, 3.8) is 0 Å². The second kappa shape index (κ2) is 6.41. The lowest BCUT2D eigenvalue weighted by Gasteiger charge is -2.28. The van der Waals surface area contributed by atoms with Crippen LogP contribution in [0.25, 0.3) is 0 Å². The van der Waals surface area contributed by atoms with Crippen molar-refractivity contribution in [2.45, 2.75) is 44.7 Å². The molecule has 0 saturated carbocycles. The normalized spacial score (nSPS) is 18.7. The fourth-order valence-corrected chi connectivity index (χ4v) is 3.33. The molecule has 2 aromatic rings. The van der Waals surface area contributed by atoms with Crippen LogP contribution in [0.5, 0.6) is 11.5 Å². The van der Waals surface area contributed by atoms with Gasteiger partial charge in [-0.25, -0.2) is 0 Å². The Labute approximate surface area is 131 Å². The standard InChI is InChI=1S/C19H23NO2/c1-13(10-14-2-7-18(21)8-3-14)20-17-6-4-16-12-19(22)9-5-15(16)11-17/h2-3,5,7-9,12-13,17,20-22H,4,6,10-11H2,1H3/t13-,17-/m1/s1. The molecule has 0 spiro atoms. The second-order valence-electron chi connectivity index (χ2n) is 6.33. The van der Waals surface area contributed by atoms with Gasteiger partial charge in [0, 0.05) is 12.1 Å². The van der Waals surface area contributed by atoms with E-state index in [0.717, 1.165) is 25.7 Å². The highest BCUT2D eigenvalue weighted by Crippen LogP contribution is 2.25. The zero-order chi connectivity index (χ0) is 15.5. The summed E-state index contributed by atoms with van der Waals surface area (Å²) in [5.74, 6) is 0.683. The molecule has 0 aromatic heterocycles. The Hall–Kier alpha value is -2.00. The lowest BCUT2D eigenvalue weighted by molar-refractivity contribution is 0.403. The number of nitrogens with one attached hydrogen (secondary N) is 1. The number of aromatic hydroxyl groups is 2. The molecule has 0 aliphatic heterocycles. The summed E-state index contributed by atoms with van der Waals surface area (Å²) in [6.45, 7) is 2.21. The van der Waals surface area contributed by atoms with Crippen LogP contribution in [0.2, 0.25) is 0 Å². The first-order valence-electron chi connectivity index (χ1n) is 7.95. The van der Waals surface area contributed by atoms with Crippen molar-refractivity contribution in [1.82, 2.24) is 5.32 Å². The summed E-state index contributed by atoms with van der Waals surface area (Å²) in [6, 6.07) is 14.0. The Bertz CT molecular complexity index is 636. The molecule has 2 aromatic carbocycles. The van der Waals surface area contributed by atoms with Gasteiger partial charge in [-0.2, -0.15) is 0 Å². The Morgan fingerprint density at radius 1 is 1.05 bits per heavy atom. The quantitative estimate of drug-likeness (QED) is 0.812. The number of hydrogen-bond acceptors (Lipinski definition) is 3. The van der Waals surface area contributed by atoms with Gasteiger partial charge in [0.1, 0.15) is 11.5 Å². The highest BCUT2D eigenvalue weighted by molar-refractivity contribution is 5.37. The van der Waals surface area contributed by atoms with E-state index in [1.165, 1.54) is 16.7 Å². The van der Waals surface area contributed by atoms with Crippen LogP contribution in [-0.2, 0) is 19.3 Å². The van der Waals surface area contributed by atoms with Crippen molar-refractivity contribution in [2.75, 3.05) is 0 Å². The minimum Gasteiger partial charge on any atom is -0.508 e. The molecular weight excluding hydrogens is 274 g/mol. The molecular formula is C19H23NO2. The molecule has 0 radical (unpaired) electrons. The van der Waals surface area contributed by atoms with E-state index >= 15 is 0 Å². The summed E-state index contributed by atoms with van der Waals surface area (Å²) in [6.07, 6.45) is 4.11. The van der Waals surface area contributed by atoms with Crippen molar-refractivity contribution in [3.05, 3.63) is 59.2 Å². The van der Waals surface area contributed by atoms with Crippen LogP contribution in [0.15, 0.2) is 42.5 Å². The van der Waals surface area contributed by atoms with Gasteiger partial charge in [0.25, 0.3) is 0 Å². The van der Waals surface area contributed by atoms with Crippen molar-refractivity contribution in [2.24, 2.45) is 0 Å². The van der Waals surface area contributed by atoms with E-state index in [-0.39, 0.29) is 0 Å². The topological polar surface area (TPSA) is 52.5 Å². The number of aryl methyl sites for hydroxylation is 1. The summed E-state index contributed by atoms with van der Waals surface area (Å²) in [4.78, 5) is 0. The SMILES string of the molecule is C[C@H](Cc1ccc(O)cc1)N[C@@H]1CCc2cc(O)ccc2C1. The Kier molecular flexibility index (Phi) is 4.34. The zero-order valence-corrected chi connectivity index (χ0v) is 12.9. The van der Waals surface area contributed by atoms with Gasteiger partial charge in [-0.3, -0.25) is 0 Å². The third-order valence-corrected chi connectivity index (χ3v) is 4.42. The molecule has 3 rings (SSSR count). The molecule has 0 unspecified atom stereocenters. The first kappa shape index (κ1) is 14.9. The van der Waals surface area contributed by atoms with Crippen molar-refractivity contribution in [3.8, 4) is 11.5 Å². The van der Waals surface area contributed by atoms with Crippen LogP contribution < -0.4 is 5.32 Å². The van der Waals surface area contributed by atoms with E-state index in [4.69, 9.17) is 0 Å². The average Bonchev–Trinajstić information content (AvgIpc) is 2.50. The van der Waals surface area contributed by atoms with Crippen LogP contribution in [0.1, 0.15) is 30.0 Å². The van der Waals surface area contributed by atoms with E-state index in [9.17, 15) is 10.2 Å². The minimum absolute atomic E-state index is 0.316. The van der Waals surface area contributed by atoms with Crippen LogP contribution in [-0.4, -0.2) is 22.3 Å². The summed E-state index contributed by atoms with van der Waals surface area (Å²) in [7, 11) is 0. The first-order chi connectivity index (χ1) is 10.6. The van der Waals surface area contributed by atoms with Crippen LogP contribution in [0, 0.1) is 0 Å². The lowest BCUT2D eigenvalue weighted by Crippen LogP contribution is -2.41. The largest absolute Gasteiger partial charge is 0.508 e. The maximum absolute atomic E-state index is 9.55. The number of phenols is 2. The molecule has 3 nitrogen and oxygen atoms in total. The molecule has 0 heterocycles. The summed E-state index contributed by atoms with van der Waals surface area (Å²) in [5, 5.41) is 22.6. The molecule has 0 saturated heterocycles. The number of benzene rings is 2. The maximum atomic E-state index is 9.55. The molecule has 0 amide bonds. The van der Waals surface area contributed by atoms with Crippen molar-refractivity contribution in [1.29, 1.82) is 0 Å². The predicted octanol–water partition coefficient (Wildman–Crippen LogP) is 3.18. The number of fused-ring (bicyclic) bond motifs is 1. The smallest absolute Gasteiger partial charge is 0.115 e. The fraction of sp³-hybridized carbons (Fsp3) is 0.368. The highest BCUT2D eigenvalue weighted by atomic mass is 16.3. The molecule has 0 bridgehead atoms. The lowest BCUT2D eigenvalue weighted by atomic mass is 9.87. The van der Waals surface area contributed by atoms with Gasteiger partial charge in [-0.05, 0) is 73.6 Å². The van der Waals surface area contributed by atoms with Crippen molar-refractivity contribution < 1.29 is 10.2 Å². The van der Waals surface area contributed by atoms with E-state index < -0.39 is 0 Å². The van der Waals surface area contributed by atoms with Gasteiger partial charge < -0.3 is 15.5 Å². The zero-order valence-electron chi connectivity index (χ0n) is 12.9. The van der Waals surface area contributed by atoms with Gasteiger partial charge in [-0.15, -0.1) is 0 Å². The van der Waals surface area contributed by atoms with Gasteiger partial charge in [0.05, 0.1) is 0 Å². The average molecular weight is 297 g/mol. The predicted molar refractivity (Wildman–Crippen MR) is 88.3 cm³/mol.